The number of nitrogens with one attached hydrogen (secondary N) is 1. The third-order valence-electron chi connectivity index (χ3n) is 3.12. The second-order valence-corrected chi connectivity index (χ2v) is 7.11. The molecule has 2 aromatic rings. The first-order valence-electron chi connectivity index (χ1n) is 6.13. The van der Waals surface area contributed by atoms with Gasteiger partial charge in [-0.3, -0.25) is 9.40 Å². The lowest BCUT2D eigenvalue weighted by molar-refractivity contribution is 0.417. The molecule has 1 aromatic heterocycles. The quantitative estimate of drug-likeness (QED) is 0.893. The molecule has 0 bridgehead atoms. The van der Waals surface area contributed by atoms with Crippen LogP contribution in [-0.4, -0.2) is 25.3 Å². The van der Waals surface area contributed by atoms with Crippen LogP contribution in [0.3, 0.4) is 0 Å². The lowest BCUT2D eigenvalue weighted by Crippen LogP contribution is -2.15. The summed E-state index contributed by atoms with van der Waals surface area (Å²) in [5, 5.41) is 4.14. The molecule has 0 amide bonds. The average Bonchev–Trinajstić information content (AvgIpc) is 2.63. The number of halogens is 1. The molecule has 114 valence electrons. The highest BCUT2D eigenvalue weighted by atomic mass is 79.9. The molecular weight excluding hydrogens is 358 g/mol. The van der Waals surface area contributed by atoms with Crippen LogP contribution in [0.4, 0.5) is 5.69 Å². The van der Waals surface area contributed by atoms with Crippen molar-refractivity contribution in [3.8, 4) is 5.75 Å². The van der Waals surface area contributed by atoms with Gasteiger partial charge in [-0.25, -0.2) is 8.42 Å². The van der Waals surface area contributed by atoms with Crippen LogP contribution in [0.5, 0.6) is 5.75 Å². The molecule has 1 N–H and O–H groups in total. The number of hydrogen-bond donors (Lipinski definition) is 1. The molecular formula is C13H16BrN3O3S. The molecule has 1 aromatic carbocycles. The van der Waals surface area contributed by atoms with E-state index >= 15 is 0 Å². The fourth-order valence-corrected chi connectivity index (χ4v) is 3.96. The van der Waals surface area contributed by atoms with Gasteiger partial charge in [-0.2, -0.15) is 5.10 Å². The number of methoxy groups -OCH3 is 1. The van der Waals surface area contributed by atoms with Crippen molar-refractivity contribution in [3.63, 3.8) is 0 Å². The van der Waals surface area contributed by atoms with Gasteiger partial charge in [0.15, 0.2) is 0 Å². The predicted octanol–water partition coefficient (Wildman–Crippen LogP) is 2.61. The first-order valence-corrected chi connectivity index (χ1v) is 8.40. The van der Waals surface area contributed by atoms with E-state index in [0.717, 1.165) is 4.47 Å². The van der Waals surface area contributed by atoms with Crippen molar-refractivity contribution >= 4 is 31.6 Å². The summed E-state index contributed by atoms with van der Waals surface area (Å²) in [6.07, 6.45) is 0. The molecule has 0 fully saturated rings. The fourth-order valence-electron chi connectivity index (χ4n) is 2.10. The standard InChI is InChI=1S/C13H16BrN3O3S/c1-8-13(9(2)17(3)15-8)21(18,19)16-11-7-10(14)5-6-12(11)20-4/h5-7,16H,1-4H3. The maximum atomic E-state index is 12.6. The van der Waals surface area contributed by atoms with Crippen molar-refractivity contribution in [2.24, 2.45) is 7.05 Å². The predicted molar refractivity (Wildman–Crippen MR) is 84.2 cm³/mol. The monoisotopic (exact) mass is 373 g/mol. The van der Waals surface area contributed by atoms with Crippen molar-refractivity contribution in [1.29, 1.82) is 0 Å². The van der Waals surface area contributed by atoms with E-state index in [0.29, 0.717) is 22.8 Å². The number of nitrogens with zero attached hydrogens (tertiary/aromatic N) is 2. The normalized spacial score (nSPS) is 11.5. The lowest BCUT2D eigenvalue weighted by atomic mass is 10.3. The van der Waals surface area contributed by atoms with Crippen molar-refractivity contribution in [2.45, 2.75) is 18.7 Å². The minimum atomic E-state index is -3.74. The molecule has 0 aliphatic heterocycles. The molecule has 0 saturated heterocycles. The second kappa shape index (κ2) is 5.69. The minimum Gasteiger partial charge on any atom is -0.495 e. The maximum absolute atomic E-state index is 12.6. The van der Waals surface area contributed by atoms with Gasteiger partial charge in [-0.1, -0.05) is 15.9 Å². The molecule has 0 unspecified atom stereocenters. The SMILES string of the molecule is COc1ccc(Br)cc1NS(=O)(=O)c1c(C)nn(C)c1C. The molecule has 0 saturated carbocycles. The van der Waals surface area contributed by atoms with Gasteiger partial charge in [0.1, 0.15) is 10.6 Å². The summed E-state index contributed by atoms with van der Waals surface area (Å²) in [4.78, 5) is 0.187. The summed E-state index contributed by atoms with van der Waals surface area (Å²) >= 11 is 3.32. The van der Waals surface area contributed by atoms with Gasteiger partial charge in [0.25, 0.3) is 10.0 Å². The van der Waals surface area contributed by atoms with Gasteiger partial charge < -0.3 is 4.74 Å². The Hall–Kier alpha value is -1.54. The van der Waals surface area contributed by atoms with Gasteiger partial charge >= 0.3 is 0 Å². The van der Waals surface area contributed by atoms with Gasteiger partial charge in [0.05, 0.1) is 24.2 Å². The Morgan fingerprint density at radius 1 is 1.33 bits per heavy atom. The van der Waals surface area contributed by atoms with E-state index in [1.54, 1.807) is 43.8 Å². The number of aromatic nitrogens is 2. The molecule has 0 atom stereocenters. The van der Waals surface area contributed by atoms with Crippen molar-refractivity contribution in [3.05, 3.63) is 34.1 Å². The highest BCUT2D eigenvalue weighted by Crippen LogP contribution is 2.31. The van der Waals surface area contributed by atoms with E-state index < -0.39 is 10.0 Å². The van der Waals surface area contributed by atoms with Gasteiger partial charge in [-0.05, 0) is 32.0 Å². The van der Waals surface area contributed by atoms with Crippen LogP contribution in [0.15, 0.2) is 27.6 Å². The number of aryl methyl sites for hydroxylation is 2. The summed E-state index contributed by atoms with van der Waals surface area (Å²) in [6.45, 7) is 3.38. The molecule has 0 spiro atoms. The van der Waals surface area contributed by atoms with Crippen LogP contribution in [-0.2, 0) is 17.1 Å². The number of benzene rings is 1. The van der Waals surface area contributed by atoms with Gasteiger partial charge in [0, 0.05) is 11.5 Å². The topological polar surface area (TPSA) is 73.2 Å². The van der Waals surface area contributed by atoms with Crippen LogP contribution in [0, 0.1) is 13.8 Å². The minimum absolute atomic E-state index is 0.187. The Morgan fingerprint density at radius 3 is 2.52 bits per heavy atom. The zero-order valence-corrected chi connectivity index (χ0v) is 14.5. The van der Waals surface area contributed by atoms with Crippen molar-refractivity contribution in [1.82, 2.24) is 9.78 Å². The second-order valence-electron chi connectivity index (χ2n) is 4.57. The smallest absolute Gasteiger partial charge is 0.265 e. The summed E-state index contributed by atoms with van der Waals surface area (Å²) < 4.78 is 35.2. The van der Waals surface area contributed by atoms with Crippen LogP contribution in [0.2, 0.25) is 0 Å². The van der Waals surface area contributed by atoms with Crippen molar-refractivity contribution in [2.75, 3.05) is 11.8 Å². The van der Waals surface area contributed by atoms with Crippen LogP contribution in [0.1, 0.15) is 11.4 Å². The number of ether oxygens (including phenoxy) is 1. The Morgan fingerprint density at radius 2 is 2.00 bits per heavy atom. The molecule has 0 aliphatic rings. The average molecular weight is 374 g/mol. The first kappa shape index (κ1) is 15.8. The Kier molecular flexibility index (Phi) is 4.29. The molecule has 0 radical (unpaired) electrons. The number of rotatable bonds is 4. The van der Waals surface area contributed by atoms with Crippen LogP contribution >= 0.6 is 15.9 Å². The summed E-state index contributed by atoms with van der Waals surface area (Å²) in [6, 6.07) is 5.11. The van der Waals surface area contributed by atoms with Crippen LogP contribution in [0.25, 0.3) is 0 Å². The Bertz CT molecular complexity index is 784. The third-order valence-corrected chi connectivity index (χ3v) is 5.23. The zero-order chi connectivity index (χ0) is 15.8. The summed E-state index contributed by atoms with van der Waals surface area (Å²) in [5.74, 6) is 0.445. The Labute approximate surface area is 132 Å². The number of hydrogen-bond acceptors (Lipinski definition) is 4. The van der Waals surface area contributed by atoms with Crippen LogP contribution < -0.4 is 9.46 Å². The van der Waals surface area contributed by atoms with E-state index in [2.05, 4.69) is 25.8 Å². The fraction of sp³-hybridized carbons (Fsp3) is 0.308. The Balaban J connectivity index is 2.50. The molecule has 2 rings (SSSR count). The lowest BCUT2D eigenvalue weighted by Gasteiger charge is -2.12. The molecule has 6 nitrogen and oxygen atoms in total. The van der Waals surface area contributed by atoms with E-state index in [1.165, 1.54) is 7.11 Å². The molecule has 0 aliphatic carbocycles. The van der Waals surface area contributed by atoms with Gasteiger partial charge in [0.2, 0.25) is 0 Å². The van der Waals surface area contributed by atoms with Crippen molar-refractivity contribution < 1.29 is 13.2 Å². The molecule has 1 heterocycles. The number of sulfonamides is 1. The third kappa shape index (κ3) is 3.06. The number of anilines is 1. The maximum Gasteiger partial charge on any atom is 0.265 e. The zero-order valence-electron chi connectivity index (χ0n) is 12.1. The van der Waals surface area contributed by atoms with E-state index in [1.807, 2.05) is 0 Å². The highest BCUT2D eigenvalue weighted by molar-refractivity contribution is 9.10. The van der Waals surface area contributed by atoms with Gasteiger partial charge in [-0.15, -0.1) is 0 Å². The largest absolute Gasteiger partial charge is 0.495 e. The van der Waals surface area contributed by atoms with E-state index in [9.17, 15) is 8.42 Å². The highest BCUT2D eigenvalue weighted by Gasteiger charge is 2.24. The first-order chi connectivity index (χ1) is 9.76. The molecule has 8 heteroatoms. The summed E-state index contributed by atoms with van der Waals surface area (Å²) in [7, 11) is -0.540. The summed E-state index contributed by atoms with van der Waals surface area (Å²) in [5.41, 5.74) is 1.40. The van der Waals surface area contributed by atoms with E-state index in [4.69, 9.17) is 4.74 Å². The molecule has 21 heavy (non-hydrogen) atoms. The van der Waals surface area contributed by atoms with E-state index in [-0.39, 0.29) is 4.90 Å².